The van der Waals surface area contributed by atoms with Crippen LogP contribution in [0.3, 0.4) is 0 Å². The molecular formula is C11H11BrClN3O2S. The largest absolute Gasteiger partial charge is 0.295 e. The molecule has 1 aromatic heterocycles. The van der Waals surface area contributed by atoms with Gasteiger partial charge in [-0.2, -0.15) is 0 Å². The van der Waals surface area contributed by atoms with Crippen molar-refractivity contribution < 1.29 is 9.59 Å². The molecule has 0 spiro atoms. The number of halogens is 2. The maximum absolute atomic E-state index is 11.9. The number of aromatic nitrogens is 2. The monoisotopic (exact) mass is 363 g/mol. The van der Waals surface area contributed by atoms with Gasteiger partial charge in [-0.1, -0.05) is 23.4 Å². The van der Waals surface area contributed by atoms with Gasteiger partial charge in [-0.15, -0.1) is 0 Å². The summed E-state index contributed by atoms with van der Waals surface area (Å²) < 4.78 is 0.452. The molecule has 0 N–H and O–H groups in total. The summed E-state index contributed by atoms with van der Waals surface area (Å²) >= 11 is 10.3. The lowest BCUT2D eigenvalue weighted by molar-refractivity contribution is -0.117. The van der Waals surface area contributed by atoms with E-state index in [0.717, 1.165) is 0 Å². The highest BCUT2D eigenvalue weighted by molar-refractivity contribution is 9.10. The van der Waals surface area contributed by atoms with Gasteiger partial charge < -0.3 is 0 Å². The molecule has 8 heteroatoms. The van der Waals surface area contributed by atoms with Gasteiger partial charge in [-0.3, -0.25) is 14.5 Å². The Morgan fingerprint density at radius 2 is 2.42 bits per heavy atom. The number of hydrogen-bond donors (Lipinski definition) is 0. The van der Waals surface area contributed by atoms with E-state index in [1.54, 1.807) is 4.90 Å². The molecule has 2 rings (SSSR count). The van der Waals surface area contributed by atoms with Crippen LogP contribution < -0.4 is 4.90 Å². The Hall–Kier alpha value is -0.660. The molecule has 0 radical (unpaired) electrons. The van der Waals surface area contributed by atoms with Crippen LogP contribution in [0.5, 0.6) is 0 Å². The normalized spacial score (nSPS) is 19.0. The number of hydrogen-bond acceptors (Lipinski definition) is 5. The summed E-state index contributed by atoms with van der Waals surface area (Å²) in [5, 5.41) is 0.296. The van der Waals surface area contributed by atoms with Crippen LogP contribution in [0.15, 0.2) is 10.8 Å². The van der Waals surface area contributed by atoms with Crippen molar-refractivity contribution in [1.82, 2.24) is 9.97 Å². The van der Waals surface area contributed by atoms with Gasteiger partial charge in [-0.05, 0) is 21.8 Å². The minimum atomic E-state index is -0.0122. The van der Waals surface area contributed by atoms with Gasteiger partial charge in [0.15, 0.2) is 16.1 Å². The second-order valence-electron chi connectivity index (χ2n) is 4.19. The van der Waals surface area contributed by atoms with Crippen molar-refractivity contribution in [3.8, 4) is 0 Å². The number of nitrogens with zero attached hydrogens (tertiary/aromatic N) is 3. The third-order valence-electron chi connectivity index (χ3n) is 2.68. The summed E-state index contributed by atoms with van der Waals surface area (Å²) in [4.78, 5) is 32.6. The first-order valence-corrected chi connectivity index (χ1v) is 7.75. The van der Waals surface area contributed by atoms with Gasteiger partial charge in [0.2, 0.25) is 5.91 Å². The Balaban J connectivity index is 2.07. The number of carbonyl (C=O) groups excluding carboxylic acids is 2. The third kappa shape index (κ3) is 3.67. The Kier molecular flexibility index (Phi) is 4.81. The van der Waals surface area contributed by atoms with E-state index in [0.29, 0.717) is 29.1 Å². The molecule has 1 atom stereocenters. The molecule has 19 heavy (non-hydrogen) atoms. The summed E-state index contributed by atoms with van der Waals surface area (Å²) in [6, 6.07) is 0. The zero-order valence-electron chi connectivity index (χ0n) is 10.1. The van der Waals surface area contributed by atoms with Crippen LogP contribution in [-0.4, -0.2) is 33.3 Å². The van der Waals surface area contributed by atoms with Crippen LogP contribution in [0.25, 0.3) is 0 Å². The van der Waals surface area contributed by atoms with E-state index in [4.69, 9.17) is 11.6 Å². The molecule has 1 fully saturated rings. The highest BCUT2D eigenvalue weighted by atomic mass is 79.9. The lowest BCUT2D eigenvalue weighted by atomic mass is 10.1. The van der Waals surface area contributed by atoms with Crippen molar-refractivity contribution >= 4 is 56.1 Å². The third-order valence-corrected chi connectivity index (χ3v) is 4.80. The van der Waals surface area contributed by atoms with Crippen molar-refractivity contribution in [3.63, 3.8) is 0 Å². The van der Waals surface area contributed by atoms with Crippen LogP contribution in [0.1, 0.15) is 13.3 Å². The first-order valence-electron chi connectivity index (χ1n) is 5.59. The summed E-state index contributed by atoms with van der Waals surface area (Å²) in [6.07, 6.45) is 1.93. The quantitative estimate of drug-likeness (QED) is 0.824. The molecule has 1 aromatic rings. The lowest BCUT2D eigenvalue weighted by Crippen LogP contribution is -2.26. The number of thioether (sulfide) groups is 1. The Morgan fingerprint density at radius 1 is 1.68 bits per heavy atom. The average Bonchev–Trinajstić information content (AvgIpc) is 2.72. The van der Waals surface area contributed by atoms with E-state index in [9.17, 15) is 9.59 Å². The summed E-state index contributed by atoms with van der Waals surface area (Å²) in [6.45, 7) is 2.07. The SMILES string of the molecule is CC(=O)SCC1CC(=O)N(c2cnc(Br)c(Cl)n2)C1. The average molecular weight is 365 g/mol. The molecule has 1 aliphatic heterocycles. The standard InChI is InChI=1S/C11H11BrClN3O2S/c1-6(17)19-5-7-2-9(18)16(4-7)8-3-14-10(12)11(13)15-8/h3,7H,2,4-5H2,1H3. The van der Waals surface area contributed by atoms with E-state index in [-0.39, 0.29) is 22.1 Å². The van der Waals surface area contributed by atoms with Gasteiger partial charge in [0.05, 0.1) is 6.20 Å². The Morgan fingerprint density at radius 3 is 3.05 bits per heavy atom. The van der Waals surface area contributed by atoms with Crippen molar-refractivity contribution in [3.05, 3.63) is 16.0 Å². The second kappa shape index (κ2) is 6.19. The topological polar surface area (TPSA) is 63.2 Å². The molecular weight excluding hydrogens is 354 g/mol. The summed E-state index contributed by atoms with van der Waals surface area (Å²) in [5.41, 5.74) is 0. The van der Waals surface area contributed by atoms with Crippen LogP contribution in [-0.2, 0) is 9.59 Å². The minimum absolute atomic E-state index is 0.0122. The molecule has 5 nitrogen and oxygen atoms in total. The van der Waals surface area contributed by atoms with Crippen molar-refractivity contribution in [2.45, 2.75) is 13.3 Å². The molecule has 1 amide bonds. The number of carbonyl (C=O) groups is 2. The number of rotatable bonds is 3. The first-order chi connectivity index (χ1) is 8.97. The molecule has 0 saturated carbocycles. The number of amides is 1. The highest BCUT2D eigenvalue weighted by Crippen LogP contribution is 2.28. The zero-order chi connectivity index (χ0) is 14.0. The fourth-order valence-electron chi connectivity index (χ4n) is 1.82. The number of anilines is 1. The van der Waals surface area contributed by atoms with Gasteiger partial charge >= 0.3 is 0 Å². The second-order valence-corrected chi connectivity index (χ2v) is 6.49. The Labute approximate surface area is 128 Å². The van der Waals surface area contributed by atoms with Crippen molar-refractivity contribution in [2.24, 2.45) is 5.92 Å². The molecule has 1 aliphatic rings. The van der Waals surface area contributed by atoms with Crippen molar-refractivity contribution in [1.29, 1.82) is 0 Å². The maximum Gasteiger partial charge on any atom is 0.228 e. The van der Waals surface area contributed by atoms with E-state index in [1.807, 2.05) is 0 Å². The van der Waals surface area contributed by atoms with Crippen LogP contribution in [0, 0.1) is 5.92 Å². The predicted molar refractivity (Wildman–Crippen MR) is 78.3 cm³/mol. The lowest BCUT2D eigenvalue weighted by Gasteiger charge is -2.15. The van der Waals surface area contributed by atoms with Crippen LogP contribution >= 0.6 is 39.3 Å². The smallest absolute Gasteiger partial charge is 0.228 e. The summed E-state index contributed by atoms with van der Waals surface area (Å²) in [5.74, 6) is 1.25. The highest BCUT2D eigenvalue weighted by Gasteiger charge is 2.31. The molecule has 102 valence electrons. The van der Waals surface area contributed by atoms with Gasteiger partial charge in [0.1, 0.15) is 4.60 Å². The van der Waals surface area contributed by atoms with E-state index in [2.05, 4.69) is 25.9 Å². The first kappa shape index (κ1) is 14.7. The van der Waals surface area contributed by atoms with E-state index >= 15 is 0 Å². The van der Waals surface area contributed by atoms with E-state index in [1.165, 1.54) is 24.9 Å². The molecule has 1 saturated heterocycles. The minimum Gasteiger partial charge on any atom is -0.295 e. The zero-order valence-corrected chi connectivity index (χ0v) is 13.3. The van der Waals surface area contributed by atoms with Crippen molar-refractivity contribution in [2.75, 3.05) is 17.2 Å². The maximum atomic E-state index is 11.9. The fourth-order valence-corrected chi connectivity index (χ4v) is 2.84. The molecule has 1 unspecified atom stereocenters. The molecule has 0 aromatic carbocycles. The fraction of sp³-hybridized carbons (Fsp3) is 0.455. The molecule has 2 heterocycles. The molecule has 0 bridgehead atoms. The van der Waals surface area contributed by atoms with Gasteiger partial charge in [0, 0.05) is 25.6 Å². The van der Waals surface area contributed by atoms with Crippen LogP contribution in [0.4, 0.5) is 5.82 Å². The predicted octanol–water partition coefficient (Wildman–Crippen LogP) is 2.53. The van der Waals surface area contributed by atoms with Gasteiger partial charge in [-0.25, -0.2) is 9.97 Å². The summed E-state index contributed by atoms with van der Waals surface area (Å²) in [7, 11) is 0. The molecule has 0 aliphatic carbocycles. The van der Waals surface area contributed by atoms with E-state index < -0.39 is 0 Å². The Bertz CT molecular complexity index is 529. The van der Waals surface area contributed by atoms with Gasteiger partial charge in [0.25, 0.3) is 0 Å². The van der Waals surface area contributed by atoms with Crippen LogP contribution in [0.2, 0.25) is 5.15 Å².